The van der Waals surface area contributed by atoms with E-state index in [2.05, 4.69) is 10.5 Å². The summed E-state index contributed by atoms with van der Waals surface area (Å²) in [5.41, 5.74) is 4.07. The van der Waals surface area contributed by atoms with E-state index in [1.54, 1.807) is 30.3 Å². The molecule has 6 nitrogen and oxygen atoms in total. The minimum Gasteiger partial charge on any atom is -0.504 e. The van der Waals surface area contributed by atoms with Gasteiger partial charge >= 0.3 is 0 Å². The van der Waals surface area contributed by atoms with Crippen molar-refractivity contribution in [2.24, 2.45) is 0 Å². The van der Waals surface area contributed by atoms with Gasteiger partial charge in [0.25, 0.3) is 0 Å². The number of benzene rings is 1. The van der Waals surface area contributed by atoms with Crippen molar-refractivity contribution in [3.05, 3.63) is 50.4 Å². The van der Waals surface area contributed by atoms with Gasteiger partial charge in [0.15, 0.2) is 12.0 Å². The van der Waals surface area contributed by atoms with Gasteiger partial charge in [-0.05, 0) is 43.2 Å². The second kappa shape index (κ2) is 8.81. The average Bonchev–Trinajstić information content (AvgIpc) is 3.25. The van der Waals surface area contributed by atoms with E-state index in [9.17, 15) is 10.2 Å². The van der Waals surface area contributed by atoms with Gasteiger partial charge in [-0.2, -0.15) is 5.10 Å². The first kappa shape index (κ1) is 20.9. The molecule has 10 heteroatoms. The molecule has 1 saturated heterocycles. The fourth-order valence-electron chi connectivity index (χ4n) is 3.36. The molecular formula is C19H19Cl3N4O2S. The van der Waals surface area contributed by atoms with Gasteiger partial charge in [0.05, 0.1) is 19.9 Å². The van der Waals surface area contributed by atoms with Gasteiger partial charge < -0.3 is 10.2 Å². The van der Waals surface area contributed by atoms with Crippen LogP contribution in [0.25, 0.3) is 16.3 Å². The second-order valence-electron chi connectivity index (χ2n) is 6.77. The molecule has 1 atom stereocenters. The molecule has 3 heterocycles. The number of aliphatic hydroxyl groups excluding tert-OH is 1. The summed E-state index contributed by atoms with van der Waals surface area (Å²) < 4.78 is 2.08. The number of aromatic nitrogens is 2. The minimum atomic E-state index is -1.17. The van der Waals surface area contributed by atoms with Crippen LogP contribution in [0.2, 0.25) is 14.4 Å². The number of aromatic hydroxyl groups is 1. The fraction of sp³-hybridized carbons (Fsp3) is 0.316. The Kier molecular flexibility index (Phi) is 6.36. The van der Waals surface area contributed by atoms with Crippen LogP contribution in [0.1, 0.15) is 31.2 Å². The van der Waals surface area contributed by atoms with Crippen molar-refractivity contribution < 1.29 is 10.2 Å². The van der Waals surface area contributed by atoms with Gasteiger partial charge in [-0.3, -0.25) is 0 Å². The molecule has 0 bridgehead atoms. The first-order valence-electron chi connectivity index (χ1n) is 9.16. The molecule has 2 aromatic heterocycles. The van der Waals surface area contributed by atoms with Crippen molar-refractivity contribution in [3.63, 3.8) is 0 Å². The highest BCUT2D eigenvalue weighted by Crippen LogP contribution is 2.42. The van der Waals surface area contributed by atoms with Crippen LogP contribution in [0.15, 0.2) is 30.3 Å². The lowest BCUT2D eigenvalue weighted by Gasteiger charge is -2.29. The number of nitrogens with one attached hydrogen (secondary N) is 1. The summed E-state index contributed by atoms with van der Waals surface area (Å²) in [4.78, 5) is 0.697. The summed E-state index contributed by atoms with van der Waals surface area (Å²) in [7, 11) is 0. The Bertz CT molecular complexity index is 1020. The molecule has 1 aliphatic rings. The number of rotatable bonds is 5. The van der Waals surface area contributed by atoms with Crippen LogP contribution in [-0.4, -0.2) is 38.1 Å². The van der Waals surface area contributed by atoms with Crippen LogP contribution in [0.5, 0.6) is 5.75 Å². The molecule has 1 fully saturated rings. The Balaban J connectivity index is 1.78. The van der Waals surface area contributed by atoms with E-state index >= 15 is 0 Å². The molecule has 0 saturated carbocycles. The smallest absolute Gasteiger partial charge is 0.170 e. The first-order valence-corrected chi connectivity index (χ1v) is 11.1. The lowest BCUT2D eigenvalue weighted by Crippen LogP contribution is -2.43. The molecule has 0 radical (unpaired) electrons. The molecular weight excluding hydrogens is 455 g/mol. The topological polar surface area (TPSA) is 73.6 Å². The van der Waals surface area contributed by atoms with Crippen LogP contribution in [0, 0.1) is 0 Å². The van der Waals surface area contributed by atoms with E-state index in [0.29, 0.717) is 30.6 Å². The zero-order valence-electron chi connectivity index (χ0n) is 15.3. The number of piperidine rings is 1. The van der Waals surface area contributed by atoms with Gasteiger partial charge in [0.2, 0.25) is 0 Å². The van der Waals surface area contributed by atoms with Crippen molar-refractivity contribution >= 4 is 46.1 Å². The van der Waals surface area contributed by atoms with Gasteiger partial charge in [-0.15, -0.1) is 11.3 Å². The molecule has 29 heavy (non-hydrogen) atoms. The van der Waals surface area contributed by atoms with Crippen molar-refractivity contribution in [1.82, 2.24) is 20.2 Å². The summed E-state index contributed by atoms with van der Waals surface area (Å²) >= 11 is 19.8. The van der Waals surface area contributed by atoms with E-state index in [-0.39, 0.29) is 11.4 Å². The van der Waals surface area contributed by atoms with Crippen LogP contribution in [0.3, 0.4) is 0 Å². The van der Waals surface area contributed by atoms with E-state index < -0.39 is 6.23 Å². The monoisotopic (exact) mass is 472 g/mol. The summed E-state index contributed by atoms with van der Waals surface area (Å²) in [5.74, 6) is -0.133. The third-order valence-electron chi connectivity index (χ3n) is 4.75. The maximum atomic E-state index is 11.0. The Morgan fingerprint density at radius 1 is 1.07 bits per heavy atom. The number of hydrogen-bond donors (Lipinski definition) is 3. The third kappa shape index (κ3) is 4.41. The summed E-state index contributed by atoms with van der Waals surface area (Å²) in [6.45, 7) is 1.66. The summed E-state index contributed by atoms with van der Waals surface area (Å²) in [6, 6.07) is 8.53. The average molecular weight is 474 g/mol. The zero-order valence-corrected chi connectivity index (χ0v) is 18.4. The second-order valence-corrected chi connectivity index (χ2v) is 9.33. The Morgan fingerprint density at radius 2 is 1.83 bits per heavy atom. The highest BCUT2D eigenvalue weighted by atomic mass is 35.5. The number of hydrogen-bond acceptors (Lipinski definition) is 6. The fourth-order valence-corrected chi connectivity index (χ4v) is 4.92. The van der Waals surface area contributed by atoms with Crippen molar-refractivity contribution in [3.8, 4) is 22.0 Å². The van der Waals surface area contributed by atoms with E-state index in [1.807, 2.05) is 5.01 Å². The molecule has 1 aliphatic heterocycles. The van der Waals surface area contributed by atoms with Crippen LogP contribution in [0.4, 0.5) is 0 Å². The normalized spacial score (nSPS) is 16.3. The lowest BCUT2D eigenvalue weighted by molar-refractivity contribution is 0.0191. The highest BCUT2D eigenvalue weighted by Gasteiger charge is 2.27. The van der Waals surface area contributed by atoms with Gasteiger partial charge in [0, 0.05) is 18.1 Å². The number of halogens is 3. The van der Waals surface area contributed by atoms with Crippen molar-refractivity contribution in [2.45, 2.75) is 25.5 Å². The molecule has 0 amide bonds. The van der Waals surface area contributed by atoms with E-state index in [0.717, 1.165) is 25.9 Å². The highest BCUT2D eigenvalue weighted by molar-refractivity contribution is 7.19. The maximum absolute atomic E-state index is 11.0. The Labute approximate surface area is 187 Å². The molecule has 1 aromatic carbocycles. The number of hydrazine groups is 1. The standard InChI is InChI=1S/C19H19Cl3N4O2S/c20-11-4-5-13(12(21)10-11)26-17(14-6-7-15(22)29-14)18(27)16(23-26)19(28)24-25-8-2-1-3-9-25/h4-7,10,19,24,27-28H,1-3,8-9H2. The van der Waals surface area contributed by atoms with E-state index in [1.165, 1.54) is 22.4 Å². The van der Waals surface area contributed by atoms with Crippen LogP contribution < -0.4 is 5.43 Å². The van der Waals surface area contributed by atoms with Gasteiger partial charge in [-0.1, -0.05) is 41.2 Å². The Hall–Kier alpha value is -1.32. The molecule has 1 unspecified atom stereocenters. The van der Waals surface area contributed by atoms with Crippen LogP contribution >= 0.6 is 46.1 Å². The Morgan fingerprint density at radius 3 is 2.48 bits per heavy atom. The lowest BCUT2D eigenvalue weighted by atomic mass is 10.2. The molecule has 3 N–H and O–H groups in total. The van der Waals surface area contributed by atoms with Crippen molar-refractivity contribution in [1.29, 1.82) is 0 Å². The van der Waals surface area contributed by atoms with Crippen molar-refractivity contribution in [2.75, 3.05) is 13.1 Å². The zero-order chi connectivity index (χ0) is 20.5. The number of thiophene rings is 1. The first-order chi connectivity index (χ1) is 13.9. The third-order valence-corrected chi connectivity index (χ3v) is 6.53. The number of nitrogens with zero attached hydrogens (tertiary/aromatic N) is 3. The largest absolute Gasteiger partial charge is 0.504 e. The quantitative estimate of drug-likeness (QED) is 0.442. The molecule has 154 valence electrons. The van der Waals surface area contributed by atoms with Gasteiger partial charge in [-0.25, -0.2) is 15.1 Å². The predicted octanol–water partition coefficient (Wildman–Crippen LogP) is 5.25. The summed E-state index contributed by atoms with van der Waals surface area (Å²) in [5, 5.41) is 29.0. The minimum absolute atomic E-state index is 0.112. The maximum Gasteiger partial charge on any atom is 0.170 e. The molecule has 3 aromatic rings. The predicted molar refractivity (Wildman–Crippen MR) is 117 cm³/mol. The van der Waals surface area contributed by atoms with E-state index in [4.69, 9.17) is 34.8 Å². The molecule has 0 spiro atoms. The van der Waals surface area contributed by atoms with Gasteiger partial charge in [0.1, 0.15) is 11.4 Å². The summed E-state index contributed by atoms with van der Waals surface area (Å²) in [6.07, 6.45) is 2.11. The molecule has 4 rings (SSSR count). The molecule has 0 aliphatic carbocycles. The van der Waals surface area contributed by atoms with Crippen LogP contribution in [-0.2, 0) is 0 Å². The SMILES string of the molecule is Oc1c(C(O)NN2CCCCC2)nn(-c2ccc(Cl)cc2Cl)c1-c1ccc(Cl)s1. The number of aliphatic hydroxyl groups is 1.